The zero-order valence-corrected chi connectivity index (χ0v) is 13.8. The number of aromatic amines is 1. The maximum Gasteiger partial charge on any atom is 0.251 e. The first-order valence-corrected chi connectivity index (χ1v) is 9.35. The number of hydrogen-bond donors (Lipinski definition) is 2. The highest BCUT2D eigenvalue weighted by Gasteiger charge is 2.13. The van der Waals surface area contributed by atoms with Crippen LogP contribution in [0.2, 0.25) is 0 Å². The van der Waals surface area contributed by atoms with Crippen LogP contribution in [0, 0.1) is 0 Å². The maximum atomic E-state index is 12.1. The quantitative estimate of drug-likeness (QED) is 0.676. The molecule has 1 amide bonds. The van der Waals surface area contributed by atoms with Crippen LogP contribution < -0.4 is 5.32 Å². The molecule has 5 nitrogen and oxygen atoms in total. The van der Waals surface area contributed by atoms with E-state index in [9.17, 15) is 13.2 Å². The van der Waals surface area contributed by atoms with Crippen molar-refractivity contribution in [2.24, 2.45) is 0 Å². The lowest BCUT2D eigenvalue weighted by atomic mass is 10.1. The molecule has 2 aromatic carbocycles. The molecule has 0 spiro atoms. The van der Waals surface area contributed by atoms with Gasteiger partial charge in [-0.1, -0.05) is 18.2 Å². The lowest BCUT2D eigenvalue weighted by Crippen LogP contribution is -2.26. The molecule has 0 unspecified atom stereocenters. The number of sulfone groups is 1. The van der Waals surface area contributed by atoms with Gasteiger partial charge in [0.05, 0.1) is 10.6 Å². The number of hydrogen-bond acceptors (Lipinski definition) is 3. The van der Waals surface area contributed by atoms with Crippen LogP contribution in [0.1, 0.15) is 16.8 Å². The van der Waals surface area contributed by atoms with Crippen molar-refractivity contribution in [2.75, 3.05) is 12.3 Å². The van der Waals surface area contributed by atoms with Crippen molar-refractivity contribution >= 4 is 26.6 Å². The Bertz CT molecular complexity index is 947. The van der Waals surface area contributed by atoms with Crippen molar-refractivity contribution in [1.29, 1.82) is 0 Å². The molecule has 0 aliphatic heterocycles. The molecule has 0 aliphatic carbocycles. The number of amides is 1. The number of carbonyl (C=O) groups is 1. The lowest BCUT2D eigenvalue weighted by Gasteiger charge is -2.07. The highest BCUT2D eigenvalue weighted by molar-refractivity contribution is 7.91. The Labute approximate surface area is 140 Å². The normalized spacial score (nSPS) is 11.5. The minimum atomic E-state index is -3.30. The summed E-state index contributed by atoms with van der Waals surface area (Å²) in [7, 11) is -3.30. The Morgan fingerprint density at radius 2 is 1.83 bits per heavy atom. The van der Waals surface area contributed by atoms with E-state index in [1.165, 1.54) is 0 Å². The second kappa shape index (κ2) is 6.88. The summed E-state index contributed by atoms with van der Waals surface area (Å²) in [6.45, 7) is 0.316. The number of rotatable bonds is 6. The standard InChI is InChI=1S/C18H18N2O3S/c21-18(15-7-8-17-14(13-15)9-11-19-17)20-10-4-12-24(22,23)16-5-2-1-3-6-16/h1-3,5-9,11,13,19H,4,10,12H2,(H,20,21). The molecule has 1 heterocycles. The summed E-state index contributed by atoms with van der Waals surface area (Å²) < 4.78 is 24.3. The van der Waals surface area contributed by atoms with E-state index in [1.807, 2.05) is 24.4 Å². The SMILES string of the molecule is O=C(NCCCS(=O)(=O)c1ccccc1)c1ccc2[nH]ccc2c1. The third-order valence-corrected chi connectivity index (χ3v) is 5.61. The van der Waals surface area contributed by atoms with Gasteiger partial charge in [-0.25, -0.2) is 8.42 Å². The number of nitrogens with one attached hydrogen (secondary N) is 2. The van der Waals surface area contributed by atoms with Gasteiger partial charge in [-0.15, -0.1) is 0 Å². The van der Waals surface area contributed by atoms with Crippen molar-refractivity contribution < 1.29 is 13.2 Å². The molecule has 124 valence electrons. The number of carbonyl (C=O) groups excluding carboxylic acids is 1. The molecule has 0 radical (unpaired) electrons. The summed E-state index contributed by atoms with van der Waals surface area (Å²) >= 11 is 0. The fraction of sp³-hybridized carbons (Fsp3) is 0.167. The van der Waals surface area contributed by atoms with E-state index in [0.717, 1.165) is 10.9 Å². The first kappa shape index (κ1) is 16.3. The molecule has 0 saturated carbocycles. The van der Waals surface area contributed by atoms with E-state index in [2.05, 4.69) is 10.3 Å². The molecule has 0 aliphatic rings. The monoisotopic (exact) mass is 342 g/mol. The van der Waals surface area contributed by atoms with Gasteiger partial charge in [-0.05, 0) is 42.8 Å². The van der Waals surface area contributed by atoms with Gasteiger partial charge >= 0.3 is 0 Å². The van der Waals surface area contributed by atoms with Crippen LogP contribution in [-0.2, 0) is 9.84 Å². The molecule has 0 atom stereocenters. The minimum absolute atomic E-state index is 0.00807. The summed E-state index contributed by atoms with van der Waals surface area (Å²) in [5.41, 5.74) is 1.54. The lowest BCUT2D eigenvalue weighted by molar-refractivity contribution is 0.0954. The molecule has 3 aromatic rings. The highest BCUT2D eigenvalue weighted by atomic mass is 32.2. The Morgan fingerprint density at radius 3 is 2.62 bits per heavy atom. The van der Waals surface area contributed by atoms with E-state index in [-0.39, 0.29) is 11.7 Å². The molecule has 6 heteroatoms. The predicted molar refractivity (Wildman–Crippen MR) is 93.7 cm³/mol. The fourth-order valence-corrected chi connectivity index (χ4v) is 3.84. The van der Waals surface area contributed by atoms with Crippen molar-refractivity contribution in [2.45, 2.75) is 11.3 Å². The second-order valence-electron chi connectivity index (χ2n) is 5.52. The summed E-state index contributed by atoms with van der Waals surface area (Å²) in [4.78, 5) is 15.5. The van der Waals surface area contributed by atoms with Crippen molar-refractivity contribution in [3.05, 3.63) is 66.4 Å². The largest absolute Gasteiger partial charge is 0.361 e. The Kier molecular flexibility index (Phi) is 4.66. The van der Waals surface area contributed by atoms with E-state index >= 15 is 0 Å². The van der Waals surface area contributed by atoms with Gasteiger partial charge < -0.3 is 10.3 Å². The van der Waals surface area contributed by atoms with Gasteiger partial charge in [0.25, 0.3) is 5.91 Å². The Balaban J connectivity index is 1.53. The van der Waals surface area contributed by atoms with Gasteiger partial charge in [0.1, 0.15) is 0 Å². The molecule has 3 rings (SSSR count). The highest BCUT2D eigenvalue weighted by Crippen LogP contribution is 2.14. The zero-order chi connectivity index (χ0) is 17.0. The molecule has 0 bridgehead atoms. The van der Waals surface area contributed by atoms with E-state index < -0.39 is 9.84 Å². The van der Waals surface area contributed by atoms with Crippen LogP contribution in [0.5, 0.6) is 0 Å². The minimum Gasteiger partial charge on any atom is -0.361 e. The van der Waals surface area contributed by atoms with Crippen molar-refractivity contribution in [3.8, 4) is 0 Å². The van der Waals surface area contributed by atoms with Crippen molar-refractivity contribution in [3.63, 3.8) is 0 Å². The predicted octanol–water partition coefficient (Wildman–Crippen LogP) is 2.76. The summed E-state index contributed by atoms with van der Waals surface area (Å²) in [5.74, 6) is -0.191. The number of benzene rings is 2. The molecule has 1 aromatic heterocycles. The number of aromatic nitrogens is 1. The first-order chi connectivity index (χ1) is 11.6. The molecular formula is C18H18N2O3S. The average Bonchev–Trinajstić information content (AvgIpc) is 3.07. The topological polar surface area (TPSA) is 79.0 Å². The second-order valence-corrected chi connectivity index (χ2v) is 7.63. The van der Waals surface area contributed by atoms with Gasteiger partial charge in [0.2, 0.25) is 0 Å². The smallest absolute Gasteiger partial charge is 0.251 e. The number of fused-ring (bicyclic) bond motifs is 1. The fourth-order valence-electron chi connectivity index (χ4n) is 2.51. The zero-order valence-electron chi connectivity index (χ0n) is 13.0. The van der Waals surface area contributed by atoms with E-state index in [1.54, 1.807) is 36.4 Å². The molecule has 0 saturated heterocycles. The van der Waals surface area contributed by atoms with Crippen LogP contribution in [0.15, 0.2) is 65.7 Å². The average molecular weight is 342 g/mol. The summed E-state index contributed by atoms with van der Waals surface area (Å²) in [6, 6.07) is 15.7. The van der Waals surface area contributed by atoms with Crippen LogP contribution in [0.25, 0.3) is 10.9 Å². The van der Waals surface area contributed by atoms with Crippen LogP contribution in [0.3, 0.4) is 0 Å². The van der Waals surface area contributed by atoms with Gasteiger partial charge in [-0.2, -0.15) is 0 Å². The van der Waals surface area contributed by atoms with Crippen LogP contribution in [0.4, 0.5) is 0 Å². The molecule has 0 fully saturated rings. The first-order valence-electron chi connectivity index (χ1n) is 7.69. The van der Waals surface area contributed by atoms with E-state index in [4.69, 9.17) is 0 Å². The Hall–Kier alpha value is -2.60. The maximum absolute atomic E-state index is 12.1. The Morgan fingerprint density at radius 1 is 1.04 bits per heavy atom. The van der Waals surface area contributed by atoms with Gasteiger partial charge in [0, 0.05) is 29.2 Å². The van der Waals surface area contributed by atoms with Gasteiger partial charge in [-0.3, -0.25) is 4.79 Å². The third kappa shape index (κ3) is 3.65. The van der Waals surface area contributed by atoms with Crippen molar-refractivity contribution in [1.82, 2.24) is 10.3 Å². The van der Waals surface area contributed by atoms with Crippen LogP contribution in [-0.4, -0.2) is 31.6 Å². The summed E-state index contributed by atoms with van der Waals surface area (Å²) in [6.07, 6.45) is 2.19. The third-order valence-electron chi connectivity index (χ3n) is 3.79. The van der Waals surface area contributed by atoms with Crippen LogP contribution >= 0.6 is 0 Å². The molecular weight excluding hydrogens is 324 g/mol. The molecule has 24 heavy (non-hydrogen) atoms. The summed E-state index contributed by atoms with van der Waals surface area (Å²) in [5, 5.41) is 3.73. The van der Waals surface area contributed by atoms with E-state index in [0.29, 0.717) is 23.4 Å². The molecule has 2 N–H and O–H groups in total. The number of H-pyrrole nitrogens is 1. The van der Waals surface area contributed by atoms with Gasteiger partial charge in [0.15, 0.2) is 9.84 Å².